The quantitative estimate of drug-likeness (QED) is 0.258. The monoisotopic (exact) mass is 566 g/mol. The van der Waals surface area contributed by atoms with Crippen LogP contribution in [0.5, 0.6) is 11.5 Å². The fraction of sp³-hybridized carbons (Fsp3) is 0.259. The van der Waals surface area contributed by atoms with Crippen molar-refractivity contribution in [3.8, 4) is 11.5 Å². The van der Waals surface area contributed by atoms with E-state index < -0.39 is 11.7 Å². The van der Waals surface area contributed by atoms with Gasteiger partial charge in [-0.25, -0.2) is 24.3 Å². The number of amides is 1. The molecule has 1 aliphatic carbocycles. The van der Waals surface area contributed by atoms with Crippen molar-refractivity contribution in [1.82, 2.24) is 19.9 Å². The average molecular weight is 567 g/mol. The van der Waals surface area contributed by atoms with E-state index in [0.29, 0.717) is 47.1 Å². The average Bonchev–Trinajstić information content (AvgIpc) is 3.74. The van der Waals surface area contributed by atoms with Gasteiger partial charge in [0, 0.05) is 22.9 Å². The SMILES string of the molecule is CCOC(=O)C1CC1COc1cc2ncnc(Nc3cnc(NC(=O)c4ccc(F)c(Cl)c4)nc3)c2cc1OC. The molecule has 0 radical (unpaired) electrons. The van der Waals surface area contributed by atoms with E-state index in [2.05, 4.69) is 30.6 Å². The van der Waals surface area contributed by atoms with E-state index in [1.165, 1.54) is 38.0 Å². The Morgan fingerprint density at radius 1 is 1.10 bits per heavy atom. The minimum absolute atomic E-state index is 0.0489. The maximum atomic E-state index is 13.4. The highest BCUT2D eigenvalue weighted by Crippen LogP contribution is 2.41. The van der Waals surface area contributed by atoms with Crippen molar-refractivity contribution in [2.24, 2.45) is 11.8 Å². The van der Waals surface area contributed by atoms with Gasteiger partial charge in [0.1, 0.15) is 18.0 Å². The third-order valence-corrected chi connectivity index (χ3v) is 6.50. The van der Waals surface area contributed by atoms with Crippen LogP contribution in [0.4, 0.5) is 21.8 Å². The number of esters is 1. The lowest BCUT2D eigenvalue weighted by Gasteiger charge is -2.14. The van der Waals surface area contributed by atoms with Crippen molar-refractivity contribution >= 4 is 51.8 Å². The first-order valence-corrected chi connectivity index (χ1v) is 12.7. The number of methoxy groups -OCH3 is 1. The molecule has 40 heavy (non-hydrogen) atoms. The van der Waals surface area contributed by atoms with E-state index in [4.69, 9.17) is 25.8 Å². The van der Waals surface area contributed by atoms with Gasteiger partial charge < -0.3 is 19.5 Å². The molecule has 2 aromatic heterocycles. The number of ether oxygens (including phenoxy) is 3. The molecule has 2 aromatic carbocycles. The van der Waals surface area contributed by atoms with Gasteiger partial charge in [0.15, 0.2) is 11.5 Å². The fourth-order valence-corrected chi connectivity index (χ4v) is 4.19. The fourth-order valence-electron chi connectivity index (χ4n) is 4.01. The number of nitrogens with one attached hydrogen (secondary N) is 2. The third kappa shape index (κ3) is 6.01. The molecule has 11 nitrogen and oxygen atoms in total. The topological polar surface area (TPSA) is 137 Å². The molecule has 1 amide bonds. The molecule has 5 rings (SSSR count). The summed E-state index contributed by atoms with van der Waals surface area (Å²) in [5, 5.41) is 6.17. The van der Waals surface area contributed by atoms with Gasteiger partial charge in [-0.1, -0.05) is 11.6 Å². The van der Waals surface area contributed by atoms with Crippen molar-refractivity contribution in [1.29, 1.82) is 0 Å². The van der Waals surface area contributed by atoms with Crippen LogP contribution in [0, 0.1) is 17.7 Å². The summed E-state index contributed by atoms with van der Waals surface area (Å²) in [6.45, 7) is 2.50. The highest BCUT2D eigenvalue weighted by molar-refractivity contribution is 6.31. The molecule has 1 fully saturated rings. The van der Waals surface area contributed by atoms with Crippen LogP contribution in [0.15, 0.2) is 49.1 Å². The lowest BCUT2D eigenvalue weighted by atomic mass is 10.2. The second-order valence-corrected chi connectivity index (χ2v) is 9.32. The summed E-state index contributed by atoms with van der Waals surface area (Å²) >= 11 is 5.75. The van der Waals surface area contributed by atoms with Crippen molar-refractivity contribution in [2.75, 3.05) is 31.0 Å². The Kier molecular flexibility index (Phi) is 7.87. The zero-order valence-corrected chi connectivity index (χ0v) is 22.2. The molecular weight excluding hydrogens is 543 g/mol. The molecule has 4 aromatic rings. The Hall–Kier alpha value is -4.58. The van der Waals surface area contributed by atoms with Crippen LogP contribution in [0.2, 0.25) is 5.02 Å². The number of aromatic nitrogens is 4. The van der Waals surface area contributed by atoms with Crippen molar-refractivity contribution in [3.63, 3.8) is 0 Å². The first-order chi connectivity index (χ1) is 19.4. The van der Waals surface area contributed by atoms with Gasteiger partial charge in [-0.05, 0) is 37.6 Å². The zero-order chi connectivity index (χ0) is 28.2. The van der Waals surface area contributed by atoms with E-state index in [0.717, 1.165) is 12.5 Å². The Morgan fingerprint density at radius 3 is 2.62 bits per heavy atom. The van der Waals surface area contributed by atoms with Crippen LogP contribution in [0.25, 0.3) is 10.9 Å². The van der Waals surface area contributed by atoms with E-state index >= 15 is 0 Å². The van der Waals surface area contributed by atoms with Crippen LogP contribution < -0.4 is 20.1 Å². The summed E-state index contributed by atoms with van der Waals surface area (Å²) in [5.74, 6) is 0.125. The van der Waals surface area contributed by atoms with E-state index in [1.807, 2.05) is 0 Å². The molecule has 2 unspecified atom stereocenters. The molecule has 206 valence electrons. The Balaban J connectivity index is 1.27. The van der Waals surface area contributed by atoms with E-state index in [1.54, 1.807) is 19.1 Å². The highest BCUT2D eigenvalue weighted by Gasteiger charge is 2.44. The molecule has 2 atom stereocenters. The van der Waals surface area contributed by atoms with Gasteiger partial charge in [-0.2, -0.15) is 0 Å². The predicted molar refractivity (Wildman–Crippen MR) is 144 cm³/mol. The summed E-state index contributed by atoms with van der Waals surface area (Å²) in [4.78, 5) is 41.3. The largest absolute Gasteiger partial charge is 0.493 e. The van der Waals surface area contributed by atoms with E-state index in [9.17, 15) is 14.0 Å². The molecule has 0 bridgehead atoms. The molecule has 1 aliphatic rings. The summed E-state index contributed by atoms with van der Waals surface area (Å²) < 4.78 is 29.9. The minimum Gasteiger partial charge on any atom is -0.493 e. The molecular formula is C27H24ClFN6O5. The van der Waals surface area contributed by atoms with Gasteiger partial charge >= 0.3 is 5.97 Å². The summed E-state index contributed by atoms with van der Waals surface area (Å²) in [5.41, 5.74) is 1.27. The number of fused-ring (bicyclic) bond motifs is 1. The van der Waals surface area contributed by atoms with Crippen LogP contribution in [-0.2, 0) is 9.53 Å². The summed E-state index contributed by atoms with van der Waals surface area (Å²) in [6.07, 6.45) is 5.08. The Morgan fingerprint density at radius 2 is 1.90 bits per heavy atom. The lowest BCUT2D eigenvalue weighted by molar-refractivity contribution is -0.145. The minimum atomic E-state index is -0.619. The van der Waals surface area contributed by atoms with Crippen LogP contribution >= 0.6 is 11.6 Å². The van der Waals surface area contributed by atoms with Crippen molar-refractivity contribution < 1.29 is 28.2 Å². The molecule has 0 saturated heterocycles. The molecule has 0 aliphatic heterocycles. The first-order valence-electron chi connectivity index (χ1n) is 12.3. The first kappa shape index (κ1) is 27.0. The van der Waals surface area contributed by atoms with Crippen LogP contribution in [0.1, 0.15) is 23.7 Å². The normalized spacial score (nSPS) is 15.8. The molecule has 0 spiro atoms. The standard InChI is InChI=1S/C27H24ClFN6O5/c1-3-39-26(37)17-6-15(17)12-40-23-9-21-18(8-22(23)38-2)24(33-13-32-21)34-16-10-30-27(31-11-16)35-25(36)14-4-5-20(29)19(28)7-14/h4-5,7-11,13,15,17H,3,6,12H2,1-2H3,(H,32,33,34)(H,30,31,35,36). The number of carbonyl (C=O) groups is 2. The van der Waals surface area contributed by atoms with E-state index in [-0.39, 0.29) is 34.3 Å². The van der Waals surface area contributed by atoms with Gasteiger partial charge in [-0.15, -0.1) is 0 Å². The lowest BCUT2D eigenvalue weighted by Crippen LogP contribution is -2.14. The van der Waals surface area contributed by atoms with Crippen molar-refractivity contribution in [2.45, 2.75) is 13.3 Å². The second kappa shape index (κ2) is 11.7. The zero-order valence-electron chi connectivity index (χ0n) is 21.5. The molecule has 13 heteroatoms. The number of hydrogen-bond acceptors (Lipinski definition) is 10. The Bertz CT molecular complexity index is 1570. The van der Waals surface area contributed by atoms with Crippen LogP contribution in [0.3, 0.4) is 0 Å². The summed E-state index contributed by atoms with van der Waals surface area (Å²) in [7, 11) is 1.53. The maximum absolute atomic E-state index is 13.4. The molecule has 2 heterocycles. The van der Waals surface area contributed by atoms with Gasteiger partial charge in [-0.3, -0.25) is 14.9 Å². The summed E-state index contributed by atoms with van der Waals surface area (Å²) in [6, 6.07) is 7.14. The third-order valence-electron chi connectivity index (χ3n) is 6.21. The molecule has 2 N–H and O–H groups in total. The predicted octanol–water partition coefficient (Wildman–Crippen LogP) is 4.79. The number of hydrogen-bond donors (Lipinski definition) is 2. The maximum Gasteiger partial charge on any atom is 0.309 e. The number of benzene rings is 2. The van der Waals surface area contributed by atoms with Crippen LogP contribution in [-0.4, -0.2) is 52.1 Å². The number of halogens is 2. The number of nitrogens with zero attached hydrogens (tertiary/aromatic N) is 4. The molecule has 1 saturated carbocycles. The number of anilines is 3. The Labute approximate surface area is 233 Å². The van der Waals surface area contributed by atoms with Crippen molar-refractivity contribution in [3.05, 3.63) is 65.5 Å². The van der Waals surface area contributed by atoms with Gasteiger partial charge in [0.05, 0.1) is 54.9 Å². The number of carbonyl (C=O) groups excluding carboxylic acids is 2. The van der Waals surface area contributed by atoms with Gasteiger partial charge in [0.2, 0.25) is 5.95 Å². The highest BCUT2D eigenvalue weighted by atomic mass is 35.5. The van der Waals surface area contributed by atoms with Gasteiger partial charge in [0.25, 0.3) is 5.91 Å². The second-order valence-electron chi connectivity index (χ2n) is 8.91. The number of rotatable bonds is 10. The smallest absolute Gasteiger partial charge is 0.309 e.